The van der Waals surface area contributed by atoms with Crippen molar-refractivity contribution in [2.45, 2.75) is 19.3 Å². The van der Waals surface area contributed by atoms with Crippen molar-refractivity contribution in [2.24, 2.45) is 0 Å². The van der Waals surface area contributed by atoms with E-state index in [1.54, 1.807) is 0 Å². The van der Waals surface area contributed by atoms with Crippen molar-refractivity contribution < 1.29 is 0 Å². The number of nitrogens with one attached hydrogen (secondary N) is 1. The lowest BCUT2D eigenvalue weighted by atomic mass is 9.82. The van der Waals surface area contributed by atoms with Crippen LogP contribution in [-0.4, -0.2) is 7.05 Å². The molecule has 17 heavy (non-hydrogen) atoms. The first kappa shape index (κ1) is 10.4. The van der Waals surface area contributed by atoms with E-state index in [4.69, 9.17) is 0 Å². The van der Waals surface area contributed by atoms with E-state index in [1.807, 2.05) is 7.05 Å². The Balaban J connectivity index is 2.41. The van der Waals surface area contributed by atoms with Crippen LogP contribution in [0.1, 0.15) is 25.0 Å². The van der Waals surface area contributed by atoms with Crippen molar-refractivity contribution in [1.82, 2.24) is 0 Å². The van der Waals surface area contributed by atoms with Crippen molar-refractivity contribution in [3.05, 3.63) is 53.6 Å². The highest BCUT2D eigenvalue weighted by Gasteiger charge is 2.35. The summed E-state index contributed by atoms with van der Waals surface area (Å²) in [7, 11) is 1.99. The molecule has 0 aromatic heterocycles. The molecule has 0 unspecified atom stereocenters. The zero-order chi connectivity index (χ0) is 12.0. The Hall–Kier alpha value is -1.76. The van der Waals surface area contributed by atoms with Gasteiger partial charge in [-0.25, -0.2) is 0 Å². The van der Waals surface area contributed by atoms with Gasteiger partial charge in [0, 0.05) is 23.7 Å². The number of fused-ring (bicyclic) bond motifs is 3. The van der Waals surface area contributed by atoms with E-state index in [0.717, 1.165) is 0 Å². The largest absolute Gasteiger partial charge is 0.388 e. The lowest BCUT2D eigenvalue weighted by molar-refractivity contribution is 0.660. The fraction of sp³-hybridized carbons (Fsp3) is 0.250. The molecule has 86 valence electrons. The van der Waals surface area contributed by atoms with Gasteiger partial charge in [0.15, 0.2) is 0 Å². The molecule has 0 heterocycles. The zero-order valence-electron chi connectivity index (χ0n) is 10.5. The lowest BCUT2D eigenvalue weighted by Gasteiger charge is -2.21. The molecule has 3 rings (SSSR count). The van der Waals surface area contributed by atoms with E-state index in [1.165, 1.54) is 27.9 Å². The third-order valence-electron chi connectivity index (χ3n) is 3.88. The SMILES string of the molecule is CNc1cccc2c1-c1ccccc1C2(C)C. The standard InChI is InChI=1S/C16H17N/c1-16(2)12-8-5-4-7-11(12)15-13(16)9-6-10-14(15)17-3/h4-10,17H,1-3H3. The molecule has 1 nitrogen and oxygen atoms in total. The van der Waals surface area contributed by atoms with Gasteiger partial charge in [-0.05, 0) is 22.8 Å². The highest BCUT2D eigenvalue weighted by atomic mass is 14.8. The van der Waals surface area contributed by atoms with Crippen LogP contribution in [0.15, 0.2) is 42.5 Å². The topological polar surface area (TPSA) is 12.0 Å². The van der Waals surface area contributed by atoms with Gasteiger partial charge in [-0.3, -0.25) is 0 Å². The normalized spacial score (nSPS) is 15.2. The second kappa shape index (κ2) is 3.36. The van der Waals surface area contributed by atoms with Crippen LogP contribution in [0.25, 0.3) is 11.1 Å². The number of hydrogen-bond acceptors (Lipinski definition) is 1. The van der Waals surface area contributed by atoms with Crippen molar-refractivity contribution in [2.75, 3.05) is 12.4 Å². The van der Waals surface area contributed by atoms with Gasteiger partial charge in [-0.2, -0.15) is 0 Å². The molecule has 2 aromatic carbocycles. The summed E-state index contributed by atoms with van der Waals surface area (Å²) in [5.41, 5.74) is 6.93. The van der Waals surface area contributed by atoms with Gasteiger partial charge in [0.1, 0.15) is 0 Å². The first-order valence-electron chi connectivity index (χ1n) is 6.07. The van der Waals surface area contributed by atoms with E-state index in [0.29, 0.717) is 0 Å². The Bertz CT molecular complexity index is 582. The summed E-state index contributed by atoms with van der Waals surface area (Å²) in [5.74, 6) is 0. The van der Waals surface area contributed by atoms with Gasteiger partial charge in [0.25, 0.3) is 0 Å². The van der Waals surface area contributed by atoms with Gasteiger partial charge in [-0.1, -0.05) is 50.2 Å². The summed E-state index contributed by atoms with van der Waals surface area (Å²) in [6, 6.07) is 15.3. The maximum Gasteiger partial charge on any atom is 0.0420 e. The predicted octanol–water partition coefficient (Wildman–Crippen LogP) is 4.03. The van der Waals surface area contributed by atoms with E-state index >= 15 is 0 Å². The maximum atomic E-state index is 3.31. The summed E-state index contributed by atoms with van der Waals surface area (Å²) in [4.78, 5) is 0. The maximum absolute atomic E-state index is 3.31. The molecule has 1 heteroatoms. The van der Waals surface area contributed by atoms with Crippen LogP contribution < -0.4 is 5.32 Å². The Morgan fingerprint density at radius 2 is 1.59 bits per heavy atom. The zero-order valence-corrected chi connectivity index (χ0v) is 10.5. The Morgan fingerprint density at radius 3 is 2.35 bits per heavy atom. The molecule has 0 aliphatic heterocycles. The Morgan fingerprint density at radius 1 is 0.882 bits per heavy atom. The molecule has 2 aromatic rings. The molecular formula is C16H17N. The molecule has 0 bridgehead atoms. The van der Waals surface area contributed by atoms with Crippen molar-refractivity contribution in [1.29, 1.82) is 0 Å². The monoisotopic (exact) mass is 223 g/mol. The van der Waals surface area contributed by atoms with Crippen LogP contribution in [0.3, 0.4) is 0 Å². The molecule has 1 aliphatic carbocycles. The van der Waals surface area contributed by atoms with Gasteiger partial charge in [0.2, 0.25) is 0 Å². The number of anilines is 1. The number of benzene rings is 2. The molecule has 0 atom stereocenters. The third-order valence-corrected chi connectivity index (χ3v) is 3.88. The molecule has 1 aliphatic rings. The minimum atomic E-state index is 0.110. The van der Waals surface area contributed by atoms with E-state index < -0.39 is 0 Å². The van der Waals surface area contributed by atoms with Crippen LogP contribution in [-0.2, 0) is 5.41 Å². The molecule has 0 amide bonds. The first-order chi connectivity index (χ1) is 8.16. The fourth-order valence-electron chi connectivity index (χ4n) is 2.96. The van der Waals surface area contributed by atoms with E-state index in [9.17, 15) is 0 Å². The van der Waals surface area contributed by atoms with E-state index in [2.05, 4.69) is 61.6 Å². The minimum absolute atomic E-state index is 0.110. The van der Waals surface area contributed by atoms with Crippen molar-refractivity contribution >= 4 is 5.69 Å². The smallest absolute Gasteiger partial charge is 0.0420 e. The quantitative estimate of drug-likeness (QED) is 0.769. The second-order valence-corrected chi connectivity index (χ2v) is 5.15. The van der Waals surface area contributed by atoms with Crippen LogP contribution in [0, 0.1) is 0 Å². The highest BCUT2D eigenvalue weighted by Crippen LogP contribution is 2.50. The van der Waals surface area contributed by atoms with Crippen LogP contribution in [0.2, 0.25) is 0 Å². The van der Waals surface area contributed by atoms with Crippen molar-refractivity contribution in [3.8, 4) is 11.1 Å². The Kier molecular flexibility index (Phi) is 2.06. The van der Waals surface area contributed by atoms with Crippen LogP contribution >= 0.6 is 0 Å². The minimum Gasteiger partial charge on any atom is -0.388 e. The molecule has 0 spiro atoms. The summed E-state index contributed by atoms with van der Waals surface area (Å²) < 4.78 is 0. The summed E-state index contributed by atoms with van der Waals surface area (Å²) in [6.45, 7) is 4.61. The van der Waals surface area contributed by atoms with Crippen LogP contribution in [0.4, 0.5) is 5.69 Å². The van der Waals surface area contributed by atoms with Gasteiger partial charge >= 0.3 is 0 Å². The molecule has 1 N–H and O–H groups in total. The average molecular weight is 223 g/mol. The summed E-state index contributed by atoms with van der Waals surface area (Å²) >= 11 is 0. The summed E-state index contributed by atoms with van der Waals surface area (Å²) in [6.07, 6.45) is 0. The number of rotatable bonds is 1. The predicted molar refractivity (Wildman–Crippen MR) is 73.6 cm³/mol. The van der Waals surface area contributed by atoms with E-state index in [-0.39, 0.29) is 5.41 Å². The highest BCUT2D eigenvalue weighted by molar-refractivity contribution is 5.89. The van der Waals surface area contributed by atoms with Gasteiger partial charge in [-0.15, -0.1) is 0 Å². The third kappa shape index (κ3) is 1.25. The first-order valence-corrected chi connectivity index (χ1v) is 6.07. The van der Waals surface area contributed by atoms with Gasteiger partial charge in [0.05, 0.1) is 0 Å². The molecule has 0 saturated heterocycles. The molecule has 0 saturated carbocycles. The Labute approximate surface area is 102 Å². The molecular weight excluding hydrogens is 206 g/mol. The molecule has 0 fully saturated rings. The van der Waals surface area contributed by atoms with Crippen LogP contribution in [0.5, 0.6) is 0 Å². The molecule has 0 radical (unpaired) electrons. The number of hydrogen-bond donors (Lipinski definition) is 1. The fourth-order valence-corrected chi connectivity index (χ4v) is 2.96. The summed E-state index contributed by atoms with van der Waals surface area (Å²) in [5, 5.41) is 3.31. The average Bonchev–Trinajstić information content (AvgIpc) is 2.60. The lowest BCUT2D eigenvalue weighted by Crippen LogP contribution is -2.14. The second-order valence-electron chi connectivity index (χ2n) is 5.15. The van der Waals surface area contributed by atoms with Gasteiger partial charge < -0.3 is 5.32 Å². The van der Waals surface area contributed by atoms with Crippen molar-refractivity contribution in [3.63, 3.8) is 0 Å².